The molecule has 2 atom stereocenters. The minimum absolute atomic E-state index is 0.0134. The zero-order chi connectivity index (χ0) is 32.9. The van der Waals surface area contributed by atoms with Gasteiger partial charge in [0, 0.05) is 23.7 Å². The van der Waals surface area contributed by atoms with Crippen molar-refractivity contribution in [1.82, 2.24) is 19.9 Å². The molecule has 5 aromatic rings. The van der Waals surface area contributed by atoms with Crippen molar-refractivity contribution in [2.24, 2.45) is 0 Å². The van der Waals surface area contributed by atoms with Crippen LogP contribution in [0, 0.1) is 5.82 Å². The highest BCUT2D eigenvalue weighted by Gasteiger charge is 2.45. The Bertz CT molecular complexity index is 2010. The minimum atomic E-state index is -3.62. The molecule has 0 spiro atoms. The molecule has 10 nitrogen and oxygen atoms in total. The van der Waals surface area contributed by atoms with Crippen LogP contribution in [0.1, 0.15) is 31.0 Å². The van der Waals surface area contributed by atoms with Crippen molar-refractivity contribution < 1.29 is 27.0 Å². The first-order valence-corrected chi connectivity index (χ1v) is 17.4. The van der Waals surface area contributed by atoms with Gasteiger partial charge in [-0.15, -0.1) is 0 Å². The standard InChI is InChI=1S/C34H31BrFN5O5S/c1-2-31(44-15-16-47(42,43)32-9-3-4-13-37-32)34(12-6-14-46-34)30-19-26-28(20-38-30)39-22-40-33(26)41-25-10-11-29(27(35)18-25)45-21-23-7-5-8-24(36)17-23/h3-11,13-14,17-20,22,31H,2,12,15-16,21H2,1H3,(H,39,40,41). The number of benzene rings is 2. The first-order valence-electron chi connectivity index (χ1n) is 14.9. The number of ether oxygens (including phenoxy) is 3. The number of halogens is 2. The number of aromatic nitrogens is 4. The van der Waals surface area contributed by atoms with Crippen molar-refractivity contribution in [3.63, 3.8) is 0 Å². The Kier molecular flexibility index (Phi) is 9.76. The molecule has 0 saturated carbocycles. The predicted octanol–water partition coefficient (Wildman–Crippen LogP) is 7.04. The summed E-state index contributed by atoms with van der Waals surface area (Å²) in [6.07, 6.45) is 8.63. The van der Waals surface area contributed by atoms with Crippen LogP contribution in [0.25, 0.3) is 10.9 Å². The fourth-order valence-corrected chi connectivity index (χ4v) is 6.93. The summed E-state index contributed by atoms with van der Waals surface area (Å²) in [4.78, 5) is 17.6. The van der Waals surface area contributed by atoms with Gasteiger partial charge in [-0.1, -0.05) is 25.1 Å². The second-order valence-corrected chi connectivity index (χ2v) is 13.7. The van der Waals surface area contributed by atoms with E-state index in [4.69, 9.17) is 19.2 Å². The molecular weight excluding hydrogens is 689 g/mol. The highest BCUT2D eigenvalue weighted by atomic mass is 79.9. The highest BCUT2D eigenvalue weighted by molar-refractivity contribution is 9.10. The number of hydrogen-bond acceptors (Lipinski definition) is 10. The summed E-state index contributed by atoms with van der Waals surface area (Å²) in [6.45, 7) is 2.14. The van der Waals surface area contributed by atoms with Crippen molar-refractivity contribution in [3.8, 4) is 5.75 Å². The second-order valence-electron chi connectivity index (χ2n) is 10.8. The van der Waals surface area contributed by atoms with Gasteiger partial charge >= 0.3 is 0 Å². The molecule has 47 heavy (non-hydrogen) atoms. The predicted molar refractivity (Wildman–Crippen MR) is 178 cm³/mol. The van der Waals surface area contributed by atoms with Crippen LogP contribution in [0.15, 0.2) is 107 Å². The molecule has 0 aliphatic carbocycles. The third kappa shape index (κ3) is 7.27. The van der Waals surface area contributed by atoms with Crippen molar-refractivity contribution in [1.29, 1.82) is 0 Å². The van der Waals surface area contributed by atoms with E-state index in [1.165, 1.54) is 30.7 Å². The molecule has 0 radical (unpaired) electrons. The first kappa shape index (κ1) is 32.5. The summed E-state index contributed by atoms with van der Waals surface area (Å²) in [5.41, 5.74) is 1.71. The smallest absolute Gasteiger partial charge is 0.197 e. The Hall–Kier alpha value is -4.46. The topological polar surface area (TPSA) is 125 Å². The number of anilines is 2. The van der Waals surface area contributed by atoms with Crippen molar-refractivity contribution in [2.75, 3.05) is 17.7 Å². The summed E-state index contributed by atoms with van der Waals surface area (Å²) in [5.74, 6) is 0.619. The average molecular weight is 721 g/mol. The largest absolute Gasteiger partial charge is 0.488 e. The molecule has 0 amide bonds. The van der Waals surface area contributed by atoms with Gasteiger partial charge in [-0.3, -0.25) is 4.98 Å². The molecule has 0 fully saturated rings. The van der Waals surface area contributed by atoms with Gasteiger partial charge in [0.1, 0.15) is 36.4 Å². The summed E-state index contributed by atoms with van der Waals surface area (Å²) < 4.78 is 58.2. The van der Waals surface area contributed by atoms with Crippen LogP contribution >= 0.6 is 15.9 Å². The van der Waals surface area contributed by atoms with Crippen LogP contribution in [0.5, 0.6) is 5.75 Å². The zero-order valence-corrected chi connectivity index (χ0v) is 27.7. The van der Waals surface area contributed by atoms with E-state index in [0.717, 1.165) is 11.3 Å². The lowest BCUT2D eigenvalue weighted by Crippen LogP contribution is -2.42. The zero-order valence-electron chi connectivity index (χ0n) is 25.3. The lowest BCUT2D eigenvalue weighted by atomic mass is 9.87. The number of hydrogen-bond donors (Lipinski definition) is 1. The number of fused-ring (bicyclic) bond motifs is 1. The van der Waals surface area contributed by atoms with Crippen LogP contribution in [-0.2, 0) is 31.5 Å². The van der Waals surface area contributed by atoms with Gasteiger partial charge in [0.15, 0.2) is 20.5 Å². The third-order valence-electron chi connectivity index (χ3n) is 7.75. The minimum Gasteiger partial charge on any atom is -0.488 e. The molecule has 13 heteroatoms. The SMILES string of the molecule is CCC(OCCS(=O)(=O)c1ccccn1)C1(c2cc3c(Nc4ccc(OCc5cccc(F)c5)c(Br)c4)ncnc3cn2)CC=CO1. The summed E-state index contributed by atoms with van der Waals surface area (Å²) >= 11 is 3.57. The molecule has 2 unspecified atom stereocenters. The number of rotatable bonds is 13. The van der Waals surface area contributed by atoms with E-state index < -0.39 is 21.5 Å². The quantitative estimate of drug-likeness (QED) is 0.135. The Labute approximate surface area is 280 Å². The van der Waals surface area contributed by atoms with Crippen LogP contribution in [0.2, 0.25) is 0 Å². The molecule has 3 aromatic heterocycles. The molecule has 1 N–H and O–H groups in total. The van der Waals surface area contributed by atoms with E-state index in [1.807, 2.05) is 37.3 Å². The molecule has 1 aliphatic rings. The molecule has 0 bridgehead atoms. The normalized spacial score (nSPS) is 16.6. The molecular formula is C34H31BrFN5O5S. The number of sulfone groups is 1. The first-order chi connectivity index (χ1) is 22.8. The summed E-state index contributed by atoms with van der Waals surface area (Å²) in [5, 5.41) is 4.09. The molecule has 0 saturated heterocycles. The Morgan fingerprint density at radius 1 is 1.06 bits per heavy atom. The summed E-state index contributed by atoms with van der Waals surface area (Å²) in [6, 6.07) is 18.5. The molecule has 242 valence electrons. The monoisotopic (exact) mass is 719 g/mol. The van der Waals surface area contributed by atoms with Crippen LogP contribution in [0.4, 0.5) is 15.9 Å². The van der Waals surface area contributed by atoms with E-state index in [-0.39, 0.29) is 29.8 Å². The highest BCUT2D eigenvalue weighted by Crippen LogP contribution is 2.41. The van der Waals surface area contributed by atoms with Gasteiger partial charge in [0.2, 0.25) is 0 Å². The average Bonchev–Trinajstić information content (AvgIpc) is 3.58. The lowest BCUT2D eigenvalue weighted by Gasteiger charge is -2.35. The Morgan fingerprint density at radius 3 is 2.70 bits per heavy atom. The summed E-state index contributed by atoms with van der Waals surface area (Å²) in [7, 11) is -3.62. The Balaban J connectivity index is 1.21. The van der Waals surface area contributed by atoms with Crippen molar-refractivity contribution >= 4 is 48.2 Å². The maximum absolute atomic E-state index is 13.6. The molecule has 1 aliphatic heterocycles. The maximum Gasteiger partial charge on any atom is 0.197 e. The lowest BCUT2D eigenvalue weighted by molar-refractivity contribution is -0.109. The molecule has 2 aromatic carbocycles. The fourth-order valence-electron chi connectivity index (χ4n) is 5.41. The fraction of sp³-hybridized carbons (Fsp3) is 0.235. The molecule has 6 rings (SSSR count). The number of pyridine rings is 2. The number of nitrogens with zero attached hydrogens (tertiary/aromatic N) is 4. The van der Waals surface area contributed by atoms with Crippen LogP contribution in [-0.4, -0.2) is 46.8 Å². The van der Waals surface area contributed by atoms with E-state index in [0.29, 0.717) is 45.5 Å². The van der Waals surface area contributed by atoms with Gasteiger partial charge in [0.05, 0.1) is 40.5 Å². The van der Waals surface area contributed by atoms with E-state index in [9.17, 15) is 12.8 Å². The Morgan fingerprint density at radius 2 is 1.96 bits per heavy atom. The van der Waals surface area contributed by atoms with Crippen molar-refractivity contribution in [2.45, 2.75) is 43.1 Å². The van der Waals surface area contributed by atoms with Gasteiger partial charge in [0.25, 0.3) is 0 Å². The second kappa shape index (κ2) is 14.1. The van der Waals surface area contributed by atoms with Gasteiger partial charge in [-0.05, 0) is 82.5 Å². The van der Waals surface area contributed by atoms with Crippen molar-refractivity contribution in [3.05, 3.63) is 119 Å². The number of nitrogens with one attached hydrogen (secondary N) is 1. The van der Waals surface area contributed by atoms with Gasteiger partial charge in [-0.25, -0.2) is 27.8 Å². The maximum atomic E-state index is 13.6. The van der Waals surface area contributed by atoms with E-state index in [1.54, 1.807) is 36.7 Å². The van der Waals surface area contributed by atoms with E-state index >= 15 is 0 Å². The molecule has 4 heterocycles. The van der Waals surface area contributed by atoms with E-state index in [2.05, 4.69) is 36.2 Å². The van der Waals surface area contributed by atoms with Crippen LogP contribution < -0.4 is 10.1 Å². The third-order valence-corrected chi connectivity index (χ3v) is 9.95. The van der Waals surface area contributed by atoms with Crippen LogP contribution in [0.3, 0.4) is 0 Å². The van der Waals surface area contributed by atoms with Gasteiger partial charge in [-0.2, -0.15) is 0 Å². The van der Waals surface area contributed by atoms with Gasteiger partial charge < -0.3 is 19.5 Å².